The molecule has 0 aliphatic rings. The number of halogens is 1. The molecule has 1 amide bonds. The molecule has 3 aromatic carbocycles. The number of hydrogen-bond acceptors (Lipinski definition) is 3. The molecule has 4 aromatic rings. The van der Waals surface area contributed by atoms with Crippen LogP contribution in [0.5, 0.6) is 0 Å². The van der Waals surface area contributed by atoms with Gasteiger partial charge < -0.3 is 9.73 Å². The van der Waals surface area contributed by atoms with Crippen LogP contribution in [-0.4, -0.2) is 5.91 Å². The van der Waals surface area contributed by atoms with Gasteiger partial charge in [0, 0.05) is 21.7 Å². The van der Waals surface area contributed by atoms with Gasteiger partial charge in [0.1, 0.15) is 0 Å². The Morgan fingerprint density at radius 3 is 2.15 bits per heavy atom. The normalized spacial score (nSPS) is 10.7. The number of anilines is 1. The van der Waals surface area contributed by atoms with E-state index in [2.05, 4.69) is 5.32 Å². The predicted molar refractivity (Wildman–Crippen MR) is 107 cm³/mol. The van der Waals surface area contributed by atoms with E-state index in [9.17, 15) is 9.59 Å². The minimum absolute atomic E-state index is 0.0279. The van der Waals surface area contributed by atoms with Crippen LogP contribution < -0.4 is 10.9 Å². The average molecular weight is 376 g/mol. The first-order valence-corrected chi connectivity index (χ1v) is 8.69. The molecule has 1 aromatic heterocycles. The maximum atomic E-state index is 12.9. The van der Waals surface area contributed by atoms with E-state index in [0.717, 1.165) is 5.56 Å². The fourth-order valence-electron chi connectivity index (χ4n) is 2.97. The van der Waals surface area contributed by atoms with Crippen LogP contribution >= 0.6 is 11.6 Å². The molecule has 0 fully saturated rings. The summed E-state index contributed by atoms with van der Waals surface area (Å²) in [6.45, 7) is 0. The Morgan fingerprint density at radius 1 is 0.815 bits per heavy atom. The van der Waals surface area contributed by atoms with E-state index < -0.39 is 11.5 Å². The molecule has 0 radical (unpaired) electrons. The van der Waals surface area contributed by atoms with Crippen LogP contribution in [0.1, 0.15) is 10.6 Å². The van der Waals surface area contributed by atoms with Crippen molar-refractivity contribution in [1.82, 2.24) is 0 Å². The molecule has 1 heterocycles. The lowest BCUT2D eigenvalue weighted by molar-refractivity contribution is 0.0994. The second-order valence-electron chi connectivity index (χ2n) is 5.97. The SMILES string of the molecule is O=C(Nc1ccc(Cl)cc1)c1oc(=O)c2ccccc2c1-c1ccccc1. The molecular formula is C22H14ClNO3. The molecule has 4 nitrogen and oxygen atoms in total. The first kappa shape index (κ1) is 17.1. The third kappa shape index (κ3) is 3.35. The Kier molecular flexibility index (Phi) is 4.48. The predicted octanol–water partition coefficient (Wildman–Crippen LogP) is 5.37. The molecular weight excluding hydrogens is 362 g/mol. The Hall–Kier alpha value is -3.37. The number of fused-ring (bicyclic) bond motifs is 1. The Bertz CT molecular complexity index is 1180. The summed E-state index contributed by atoms with van der Waals surface area (Å²) in [5.74, 6) is -0.529. The zero-order chi connectivity index (χ0) is 18.8. The maximum absolute atomic E-state index is 12.9. The highest BCUT2D eigenvalue weighted by Crippen LogP contribution is 2.31. The topological polar surface area (TPSA) is 59.3 Å². The van der Waals surface area contributed by atoms with Crippen LogP contribution in [-0.2, 0) is 0 Å². The van der Waals surface area contributed by atoms with Gasteiger partial charge in [0.25, 0.3) is 5.91 Å². The van der Waals surface area contributed by atoms with Crippen LogP contribution in [0, 0.1) is 0 Å². The molecule has 0 saturated carbocycles. The minimum Gasteiger partial charge on any atom is -0.416 e. The van der Waals surface area contributed by atoms with Gasteiger partial charge in [-0.15, -0.1) is 0 Å². The lowest BCUT2D eigenvalue weighted by Gasteiger charge is -2.12. The van der Waals surface area contributed by atoms with Gasteiger partial charge in [0.05, 0.1) is 5.39 Å². The Labute approximate surface area is 160 Å². The summed E-state index contributed by atoms with van der Waals surface area (Å²) in [5, 5.41) is 4.42. The van der Waals surface area contributed by atoms with Gasteiger partial charge in [-0.05, 0) is 35.9 Å². The lowest BCUT2D eigenvalue weighted by Crippen LogP contribution is -2.16. The quantitative estimate of drug-likeness (QED) is 0.524. The summed E-state index contributed by atoms with van der Waals surface area (Å²) in [6, 6.07) is 23.2. The van der Waals surface area contributed by atoms with Crippen molar-refractivity contribution in [2.24, 2.45) is 0 Å². The highest BCUT2D eigenvalue weighted by Gasteiger charge is 2.21. The molecule has 0 bridgehead atoms. The van der Waals surface area contributed by atoms with Crippen LogP contribution in [0.3, 0.4) is 0 Å². The molecule has 0 atom stereocenters. The fourth-order valence-corrected chi connectivity index (χ4v) is 3.10. The number of amides is 1. The Balaban J connectivity index is 1.90. The number of hydrogen-bond donors (Lipinski definition) is 1. The van der Waals surface area contributed by atoms with Gasteiger partial charge in [0.15, 0.2) is 0 Å². The number of benzene rings is 3. The second-order valence-corrected chi connectivity index (χ2v) is 6.40. The van der Waals surface area contributed by atoms with Crippen molar-refractivity contribution in [1.29, 1.82) is 0 Å². The third-order valence-corrected chi connectivity index (χ3v) is 4.46. The number of rotatable bonds is 3. The van der Waals surface area contributed by atoms with Crippen LogP contribution in [0.25, 0.3) is 21.9 Å². The smallest absolute Gasteiger partial charge is 0.344 e. The minimum atomic E-state index is -0.550. The van der Waals surface area contributed by atoms with Crippen molar-refractivity contribution in [2.45, 2.75) is 0 Å². The van der Waals surface area contributed by atoms with Crippen molar-refractivity contribution < 1.29 is 9.21 Å². The van der Waals surface area contributed by atoms with E-state index >= 15 is 0 Å². The second kappa shape index (κ2) is 7.09. The van der Waals surface area contributed by atoms with Gasteiger partial charge in [-0.2, -0.15) is 0 Å². The molecule has 132 valence electrons. The maximum Gasteiger partial charge on any atom is 0.344 e. The van der Waals surface area contributed by atoms with E-state index in [1.165, 1.54) is 0 Å². The van der Waals surface area contributed by atoms with Crippen LogP contribution in [0.15, 0.2) is 88.1 Å². The van der Waals surface area contributed by atoms with Crippen LogP contribution in [0.4, 0.5) is 5.69 Å². The zero-order valence-corrected chi connectivity index (χ0v) is 14.9. The van der Waals surface area contributed by atoms with Gasteiger partial charge >= 0.3 is 5.63 Å². The molecule has 0 spiro atoms. The average Bonchev–Trinajstić information content (AvgIpc) is 2.70. The largest absolute Gasteiger partial charge is 0.416 e. The number of carbonyl (C=O) groups is 1. The Morgan fingerprint density at radius 2 is 1.44 bits per heavy atom. The molecule has 5 heteroatoms. The summed E-state index contributed by atoms with van der Waals surface area (Å²) in [5.41, 5.74) is 1.38. The van der Waals surface area contributed by atoms with Crippen molar-refractivity contribution in [2.75, 3.05) is 5.32 Å². The summed E-state index contributed by atoms with van der Waals surface area (Å²) < 4.78 is 5.44. The van der Waals surface area contributed by atoms with Gasteiger partial charge in [-0.25, -0.2) is 4.79 Å². The van der Waals surface area contributed by atoms with Gasteiger partial charge in [-0.3, -0.25) is 4.79 Å². The first-order chi connectivity index (χ1) is 13.1. The third-order valence-electron chi connectivity index (χ3n) is 4.21. The summed E-state index contributed by atoms with van der Waals surface area (Å²) in [4.78, 5) is 25.3. The monoisotopic (exact) mass is 375 g/mol. The molecule has 0 aliphatic carbocycles. The molecule has 27 heavy (non-hydrogen) atoms. The fraction of sp³-hybridized carbons (Fsp3) is 0. The first-order valence-electron chi connectivity index (χ1n) is 8.31. The molecule has 4 rings (SSSR count). The van der Waals surface area contributed by atoms with Gasteiger partial charge in [-0.1, -0.05) is 60.1 Å². The van der Waals surface area contributed by atoms with Crippen molar-refractivity contribution in [3.8, 4) is 11.1 Å². The number of nitrogens with one attached hydrogen (secondary N) is 1. The molecule has 0 unspecified atom stereocenters. The van der Waals surface area contributed by atoms with Crippen LogP contribution in [0.2, 0.25) is 5.02 Å². The number of carbonyl (C=O) groups excluding carboxylic acids is 1. The highest BCUT2D eigenvalue weighted by molar-refractivity contribution is 6.30. The lowest BCUT2D eigenvalue weighted by atomic mass is 9.98. The van der Waals surface area contributed by atoms with E-state index in [-0.39, 0.29) is 5.76 Å². The van der Waals surface area contributed by atoms with E-state index in [1.807, 2.05) is 42.5 Å². The van der Waals surface area contributed by atoms with E-state index in [0.29, 0.717) is 27.0 Å². The van der Waals surface area contributed by atoms with Gasteiger partial charge in [0.2, 0.25) is 5.76 Å². The standard InChI is InChI=1S/C22H14ClNO3/c23-15-10-12-16(13-11-15)24-21(25)20-19(14-6-2-1-3-7-14)17-8-4-5-9-18(17)22(26)27-20/h1-13H,(H,24,25). The molecule has 0 saturated heterocycles. The zero-order valence-electron chi connectivity index (χ0n) is 14.1. The van der Waals surface area contributed by atoms with Crippen molar-refractivity contribution in [3.63, 3.8) is 0 Å². The highest BCUT2D eigenvalue weighted by atomic mass is 35.5. The summed E-state index contributed by atoms with van der Waals surface area (Å²) in [7, 11) is 0. The molecule has 0 aliphatic heterocycles. The van der Waals surface area contributed by atoms with Crippen molar-refractivity contribution in [3.05, 3.63) is 100 Å². The van der Waals surface area contributed by atoms with E-state index in [1.54, 1.807) is 36.4 Å². The summed E-state index contributed by atoms with van der Waals surface area (Å²) in [6.07, 6.45) is 0. The summed E-state index contributed by atoms with van der Waals surface area (Å²) >= 11 is 5.88. The van der Waals surface area contributed by atoms with E-state index in [4.69, 9.17) is 16.0 Å². The molecule has 1 N–H and O–H groups in total. The van der Waals surface area contributed by atoms with Crippen molar-refractivity contribution >= 4 is 34.0 Å².